The standard InChI is InChI=1S/2C14H27F5OS.C13H23F5OS.C10H19F5OS.2C10H8.CH4O3S.Na/c2*1-14(2)13-20-11-9-7-5-3-4-6-8-10-12-21(15,16,17,18)19;1-2-11-19-12-9-7-5-3-4-6-8-10-13-20(14,15,16,17)18;11-17(12,13,14,15)10-8-6-4-2-1-3-5-7-9-16;2*1-2-6-10-8-4-3-7-9(10)5-1;1-5(2,3)4;/h2*10,12,14H,3-9,11,13H2,1-2H3;2,10,13H,1,3-9,11-12H2;8,10,16H,1-7,9H2;2*1-8H;1H3,(H,2,3,4);/q;;;;;;;+1/p-1/b2*12-10+;13-10+;10-8+;;;;. The van der Waals surface area contributed by atoms with Gasteiger partial charge < -0.3 is 23.9 Å². The summed E-state index contributed by atoms with van der Waals surface area (Å²) < 4.78 is 281. The van der Waals surface area contributed by atoms with E-state index in [0.717, 1.165) is 155 Å². The minimum absolute atomic E-state index is 0. The molecule has 33 heteroatoms. The fourth-order valence-corrected chi connectivity index (χ4v) is 10.7. The van der Waals surface area contributed by atoms with E-state index in [9.17, 15) is 77.7 Å². The van der Waals surface area contributed by atoms with Gasteiger partial charge in [-0.15, -0.1) is 6.58 Å². The Morgan fingerprint density at radius 3 is 0.724 bits per heavy atom. The Kier molecular flexibility index (Phi) is 50.1. The molecule has 7 nitrogen and oxygen atoms in total. The summed E-state index contributed by atoms with van der Waals surface area (Å²) >= 11 is 0. The summed E-state index contributed by atoms with van der Waals surface area (Å²) in [6.07, 6.45) is 24.6. The third kappa shape index (κ3) is 98.8. The number of halogens is 20. The van der Waals surface area contributed by atoms with Crippen LogP contribution in [0.15, 0.2) is 156 Å². The molecule has 0 heterocycles. The van der Waals surface area contributed by atoms with Gasteiger partial charge in [-0.25, -0.2) is 8.42 Å². The number of hydrogen-bond donors (Lipinski definition) is 1. The van der Waals surface area contributed by atoms with Crippen molar-refractivity contribution in [2.45, 2.75) is 207 Å². The largest absolute Gasteiger partial charge is 1.00 e. The molecular weight excluding hydrogens is 1540 g/mol. The molecule has 0 radical (unpaired) electrons. The Hall–Kier alpha value is -3.15. The van der Waals surface area contributed by atoms with Crippen molar-refractivity contribution in [3.63, 3.8) is 0 Å². The van der Waals surface area contributed by atoms with Crippen LogP contribution in [0.5, 0.6) is 0 Å². The molecule has 0 bridgehead atoms. The Morgan fingerprint density at radius 1 is 0.362 bits per heavy atom. The van der Waals surface area contributed by atoms with Gasteiger partial charge >= 0.3 is 70.5 Å². The van der Waals surface area contributed by atoms with Gasteiger partial charge in [-0.1, -0.05) is 336 Å². The van der Waals surface area contributed by atoms with Gasteiger partial charge in [0.25, 0.3) is 0 Å². The van der Waals surface area contributed by atoms with Crippen molar-refractivity contribution < 1.29 is 140 Å². The number of unbranched alkanes of at least 4 members (excludes halogenated alkanes) is 24. The van der Waals surface area contributed by atoms with Gasteiger partial charge in [0.15, 0.2) is 0 Å². The first-order valence-electron chi connectivity index (χ1n) is 34.7. The summed E-state index contributed by atoms with van der Waals surface area (Å²) in [7, 11) is -41.3. The van der Waals surface area contributed by atoms with Gasteiger partial charge in [-0.05, 0) is 110 Å². The number of hydrogen-bond acceptors (Lipinski definition) is 7. The number of ether oxygens (including phenoxy) is 3. The number of allylic oxidation sites excluding steroid dienone is 4. The number of aliphatic hydroxyl groups is 1. The van der Waals surface area contributed by atoms with Crippen LogP contribution in [0.1, 0.15) is 207 Å². The van der Waals surface area contributed by atoms with Crippen LogP contribution in [-0.2, 0) is 24.3 Å². The van der Waals surface area contributed by atoms with E-state index in [1.165, 1.54) is 21.5 Å². The molecule has 0 atom stereocenters. The van der Waals surface area contributed by atoms with Crippen LogP contribution in [0, 0.1) is 11.8 Å². The van der Waals surface area contributed by atoms with Crippen LogP contribution in [-0.4, -0.2) is 70.6 Å². The van der Waals surface area contributed by atoms with E-state index in [1.807, 2.05) is 0 Å². The zero-order valence-electron chi connectivity index (χ0n) is 61.5. The van der Waals surface area contributed by atoms with Crippen LogP contribution in [0.4, 0.5) is 77.7 Å². The molecule has 0 saturated heterocycles. The van der Waals surface area contributed by atoms with Gasteiger partial charge in [-0.2, -0.15) is 0 Å². The summed E-state index contributed by atoms with van der Waals surface area (Å²) in [6, 6.07) is 33.4. The quantitative estimate of drug-likeness (QED) is 0.0155. The minimum atomic E-state index is -9.34. The van der Waals surface area contributed by atoms with Crippen molar-refractivity contribution in [1.29, 1.82) is 0 Å². The molecule has 0 unspecified atom stereocenters. The maximum atomic E-state index is 11.9. The first kappa shape index (κ1) is 108. The normalized spacial score (nSPS) is 14.8. The van der Waals surface area contributed by atoms with Crippen molar-refractivity contribution in [3.8, 4) is 0 Å². The van der Waals surface area contributed by atoms with Gasteiger partial charge in [0.2, 0.25) is 0 Å². The third-order valence-corrected chi connectivity index (χ3v) is 16.2. The van der Waals surface area contributed by atoms with Crippen molar-refractivity contribution in [2.24, 2.45) is 11.8 Å². The van der Waals surface area contributed by atoms with Crippen LogP contribution in [0.3, 0.4) is 0 Å². The summed E-state index contributed by atoms with van der Waals surface area (Å²) in [5.41, 5.74) is 0. The molecule has 0 spiro atoms. The number of rotatable bonds is 45. The Balaban J connectivity index is -0.000000582. The molecule has 4 rings (SSSR count). The molecule has 0 aromatic heterocycles. The van der Waals surface area contributed by atoms with E-state index in [-0.39, 0.29) is 61.8 Å². The Bertz CT molecular complexity index is 2880. The molecule has 4 aromatic carbocycles. The zero-order chi connectivity index (χ0) is 80.1. The topological polar surface area (TPSA) is 105 Å². The summed E-state index contributed by atoms with van der Waals surface area (Å²) in [6.45, 7) is 16.2. The average Bonchev–Trinajstić information content (AvgIpc) is 0.789. The summed E-state index contributed by atoms with van der Waals surface area (Å²) in [4.78, 5) is 0. The maximum absolute atomic E-state index is 11.9. The second-order valence-electron chi connectivity index (χ2n) is 25.7. The number of aliphatic hydroxyl groups excluding tert-OH is 1. The second kappa shape index (κ2) is 48.6. The SMILES string of the molecule is C=CCOCCCCCCCC/C=C/S(F)(F)(F)(F)F.CC(C)COCCCCCCCC/C=C/S(F)(F)(F)(F)F.CC(C)COCCCCCCCC/C=C/S(F)(F)(F)(F)F.CS(=O)(=O)[O-].OCCCCCCCC/C=C/S(F)(F)(F)(F)F.[Na+].c1ccc2ccccc2c1.c1ccc2ccccc2c1. The number of fused-ring (bicyclic) bond motifs is 2. The van der Waals surface area contributed by atoms with Crippen LogP contribution >= 0.6 is 40.9 Å². The predicted molar refractivity (Wildman–Crippen MR) is 401 cm³/mol. The van der Waals surface area contributed by atoms with E-state index in [1.54, 1.807) is 6.08 Å². The smallest absolute Gasteiger partial charge is 0.748 e. The molecule has 4 aromatic rings. The molecule has 0 fully saturated rings. The van der Waals surface area contributed by atoms with Crippen LogP contribution in [0.2, 0.25) is 0 Å². The molecule has 105 heavy (non-hydrogen) atoms. The molecule has 0 aliphatic heterocycles. The Morgan fingerprint density at radius 2 is 0.543 bits per heavy atom. The van der Waals surface area contributed by atoms with E-state index in [0.29, 0.717) is 81.3 Å². The van der Waals surface area contributed by atoms with E-state index in [2.05, 4.69) is 131 Å². The second-order valence-corrected chi connectivity index (χ2v) is 36.4. The van der Waals surface area contributed by atoms with E-state index >= 15 is 0 Å². The fourth-order valence-electron chi connectivity index (χ4n) is 8.67. The van der Waals surface area contributed by atoms with Gasteiger partial charge in [0.05, 0.1) is 38.4 Å². The predicted octanol–water partition coefficient (Wildman–Crippen LogP) is 28.5. The molecule has 1 N–H and O–H groups in total. The zero-order valence-corrected chi connectivity index (χ0v) is 67.6. The monoisotopic (exact) mass is 1650 g/mol. The van der Waals surface area contributed by atoms with Crippen molar-refractivity contribution in [3.05, 3.63) is 156 Å². The fraction of sp³-hybridized carbons (Fsp3) is 0.583. The molecular formula is C72H115F20NaO7S5. The maximum Gasteiger partial charge on any atom is 1.00 e. The summed E-state index contributed by atoms with van der Waals surface area (Å²) in [5, 5.41) is 10.3. The van der Waals surface area contributed by atoms with Crippen molar-refractivity contribution in [2.75, 3.05) is 52.5 Å². The van der Waals surface area contributed by atoms with Gasteiger partial charge in [-0.3, -0.25) is 0 Å². The van der Waals surface area contributed by atoms with Crippen LogP contribution < -0.4 is 29.6 Å². The number of benzene rings is 4. The molecule has 0 aliphatic carbocycles. The first-order chi connectivity index (χ1) is 47.3. The molecule has 0 amide bonds. The van der Waals surface area contributed by atoms with Crippen molar-refractivity contribution in [1.82, 2.24) is 0 Å². The Labute approximate surface area is 635 Å². The molecule has 616 valence electrons. The van der Waals surface area contributed by atoms with E-state index < -0.39 is 72.6 Å². The molecule has 0 aliphatic rings. The third-order valence-electron chi connectivity index (χ3n) is 13.4. The van der Waals surface area contributed by atoms with Crippen LogP contribution in [0.25, 0.3) is 21.5 Å². The van der Waals surface area contributed by atoms with Gasteiger partial charge in [0, 0.05) is 45.9 Å². The summed E-state index contributed by atoms with van der Waals surface area (Å²) in [5.74, 6) is 1.06. The van der Waals surface area contributed by atoms with Gasteiger partial charge in [0.1, 0.15) is 0 Å². The average molecular weight is 1660 g/mol. The molecule has 0 saturated carbocycles. The van der Waals surface area contributed by atoms with Crippen molar-refractivity contribution >= 4 is 72.6 Å². The minimum Gasteiger partial charge on any atom is -0.748 e. The van der Waals surface area contributed by atoms with E-state index in [4.69, 9.17) is 32.3 Å². The first-order valence-corrected chi connectivity index (χ1v) is 44.6.